The molecule has 8 heteroatoms. The van der Waals surface area contributed by atoms with Crippen molar-refractivity contribution in [2.24, 2.45) is 0 Å². The second kappa shape index (κ2) is 6.53. The summed E-state index contributed by atoms with van der Waals surface area (Å²) in [5.74, 6) is -1.20. The Morgan fingerprint density at radius 2 is 1.10 bits per heavy atom. The molecule has 0 bridgehead atoms. The molecule has 0 unspecified atom stereocenters. The number of ether oxygens (including phenoxy) is 2. The molecular formula is C12H22N2O6. The zero-order valence-electron chi connectivity index (χ0n) is 12.8. The van der Waals surface area contributed by atoms with E-state index in [0.29, 0.717) is 0 Å². The molecule has 0 atom stereocenters. The van der Waals surface area contributed by atoms with Gasteiger partial charge in [-0.3, -0.25) is 9.59 Å². The van der Waals surface area contributed by atoms with Gasteiger partial charge in [-0.15, -0.1) is 0 Å². The molecule has 0 spiro atoms. The number of azo groups is 1. The van der Waals surface area contributed by atoms with Crippen molar-refractivity contribution in [3.63, 3.8) is 0 Å². The number of hydrogen-bond donors (Lipinski definition) is 0. The molecule has 0 aliphatic carbocycles. The van der Waals surface area contributed by atoms with Crippen LogP contribution in [-0.2, 0) is 19.1 Å². The average Bonchev–Trinajstić information content (AvgIpc) is 2.35. The maximum atomic E-state index is 12.1. The Balaban J connectivity index is 5.31. The summed E-state index contributed by atoms with van der Waals surface area (Å²) in [6.45, 7) is 5.76. The molecule has 0 heterocycles. The van der Waals surface area contributed by atoms with E-state index in [1.807, 2.05) is 0 Å². The Bertz CT molecular complexity index is 376. The van der Waals surface area contributed by atoms with Gasteiger partial charge in [-0.25, -0.2) is 0 Å². The van der Waals surface area contributed by atoms with Crippen LogP contribution in [0.2, 0.25) is 0 Å². The summed E-state index contributed by atoms with van der Waals surface area (Å²) in [6.07, 6.45) is -0.500. The number of carbonyl (C=O) groups is 2. The predicted molar refractivity (Wildman–Crippen MR) is 68.7 cm³/mol. The van der Waals surface area contributed by atoms with E-state index >= 15 is 0 Å². The summed E-state index contributed by atoms with van der Waals surface area (Å²) < 4.78 is 8.97. The molecule has 0 aromatic carbocycles. The second-order valence-electron chi connectivity index (χ2n) is 5.68. The van der Waals surface area contributed by atoms with Crippen LogP contribution in [0.25, 0.3) is 0 Å². The van der Waals surface area contributed by atoms with E-state index in [4.69, 9.17) is 0 Å². The largest absolute Gasteiger partial charge is 0.567 e. The molecule has 0 saturated heterocycles. The van der Waals surface area contributed by atoms with Crippen LogP contribution >= 0.6 is 0 Å². The Morgan fingerprint density at radius 3 is 1.30 bits per heavy atom. The molecule has 0 radical (unpaired) electrons. The molecule has 8 nitrogen and oxygen atoms in total. The minimum absolute atomic E-state index is 0.146. The molecule has 0 aromatic heterocycles. The van der Waals surface area contributed by atoms with Crippen LogP contribution in [0.1, 0.15) is 40.5 Å². The minimum Gasteiger partial charge on any atom is -0.567 e. The van der Waals surface area contributed by atoms with Crippen molar-refractivity contribution < 1.29 is 28.8 Å². The third-order valence-corrected chi connectivity index (χ3v) is 2.81. The van der Waals surface area contributed by atoms with Crippen LogP contribution in [0.4, 0.5) is 0 Å². The second-order valence-corrected chi connectivity index (χ2v) is 5.68. The lowest BCUT2D eigenvalue weighted by molar-refractivity contribution is -1.02. The number of esters is 2. The SMILES string of the molecule is COC(=O)CC(C)(C)/[N+]([O-])=[N+](/[O-])C(C)(C)CC(=O)OC. The highest BCUT2D eigenvalue weighted by molar-refractivity contribution is 5.70. The maximum Gasteiger partial charge on any atom is 0.312 e. The summed E-state index contributed by atoms with van der Waals surface area (Å²) in [5.41, 5.74) is -2.58. The molecule has 0 aromatic rings. The minimum atomic E-state index is -1.29. The van der Waals surface area contributed by atoms with Gasteiger partial charge < -0.3 is 19.9 Å². The van der Waals surface area contributed by atoms with Crippen LogP contribution in [-0.4, -0.2) is 47.0 Å². The zero-order valence-corrected chi connectivity index (χ0v) is 12.8. The van der Waals surface area contributed by atoms with E-state index in [0.717, 1.165) is 0 Å². The first-order valence-electron chi connectivity index (χ1n) is 6.06. The van der Waals surface area contributed by atoms with E-state index in [9.17, 15) is 20.0 Å². The van der Waals surface area contributed by atoms with Gasteiger partial charge in [0.05, 0.1) is 14.2 Å². The van der Waals surface area contributed by atoms with Crippen LogP contribution < -0.4 is 0 Å². The molecule has 0 saturated carbocycles. The summed E-state index contributed by atoms with van der Waals surface area (Å²) in [6, 6.07) is 0. The lowest BCUT2D eigenvalue weighted by Crippen LogP contribution is -2.47. The number of hydrogen-bond acceptors (Lipinski definition) is 6. The Hall–Kier alpha value is -1.86. The lowest BCUT2D eigenvalue weighted by atomic mass is 10.0. The highest BCUT2D eigenvalue weighted by Gasteiger charge is 2.43. The third-order valence-electron chi connectivity index (χ3n) is 2.81. The number of rotatable bonds is 6. The number of hydroxylamine groups is 2. The van der Waals surface area contributed by atoms with Gasteiger partial charge in [-0.2, -0.15) is 0 Å². The van der Waals surface area contributed by atoms with E-state index in [1.165, 1.54) is 41.9 Å². The summed E-state index contributed by atoms with van der Waals surface area (Å²) in [7, 11) is 2.40. The fraction of sp³-hybridized carbons (Fsp3) is 0.833. The van der Waals surface area contributed by atoms with Crippen molar-refractivity contribution in [3.05, 3.63) is 10.4 Å². The maximum absolute atomic E-state index is 12.1. The molecule has 0 amide bonds. The molecule has 0 rings (SSSR count). The molecule has 0 aliphatic heterocycles. The van der Waals surface area contributed by atoms with Crippen LogP contribution in [0, 0.1) is 10.4 Å². The normalized spacial score (nSPS) is 13.5. The molecule has 0 aliphatic rings. The summed E-state index contributed by atoms with van der Waals surface area (Å²) in [5, 5.41) is 24.2. The average molecular weight is 290 g/mol. The Labute approximate surface area is 118 Å². The third kappa shape index (κ3) is 4.67. The van der Waals surface area contributed by atoms with Crippen molar-refractivity contribution in [3.8, 4) is 0 Å². The van der Waals surface area contributed by atoms with Crippen LogP contribution in [0.15, 0.2) is 0 Å². The number of carbonyl (C=O) groups excluding carboxylic acids is 2. The van der Waals surface area contributed by atoms with Crippen LogP contribution in [0.5, 0.6) is 0 Å². The lowest BCUT2D eigenvalue weighted by Gasteiger charge is -2.24. The Morgan fingerprint density at radius 1 is 0.850 bits per heavy atom. The van der Waals surface area contributed by atoms with E-state index < -0.39 is 23.0 Å². The first kappa shape index (κ1) is 18.1. The van der Waals surface area contributed by atoms with Crippen molar-refractivity contribution in [1.82, 2.24) is 0 Å². The van der Waals surface area contributed by atoms with Gasteiger partial charge >= 0.3 is 11.9 Å². The zero-order chi connectivity index (χ0) is 16.1. The molecule has 20 heavy (non-hydrogen) atoms. The quantitative estimate of drug-likeness (QED) is 0.314. The highest BCUT2D eigenvalue weighted by Crippen LogP contribution is 2.20. The van der Waals surface area contributed by atoms with Crippen molar-refractivity contribution in [2.45, 2.75) is 51.6 Å². The smallest absolute Gasteiger partial charge is 0.312 e. The molecule has 0 fully saturated rings. The fourth-order valence-corrected chi connectivity index (χ4v) is 1.48. The van der Waals surface area contributed by atoms with Crippen LogP contribution in [0.3, 0.4) is 0 Å². The number of nitrogens with zero attached hydrogens (tertiary/aromatic N) is 2. The summed E-state index contributed by atoms with van der Waals surface area (Å²) in [4.78, 5) is 22.8. The van der Waals surface area contributed by atoms with Gasteiger partial charge in [0.2, 0.25) is 11.1 Å². The van der Waals surface area contributed by atoms with E-state index in [2.05, 4.69) is 9.47 Å². The standard InChI is InChI=1S/C12H22N2O6/c1-11(2,7-9(15)19-5)13(17)14(18)12(3,4)8-10(16)20-6/h7-8H2,1-6H3/b14-13-. The first-order valence-corrected chi connectivity index (χ1v) is 6.06. The predicted octanol–water partition coefficient (Wildman–Crippen LogP) is 1.14. The molecule has 0 N–H and O–H groups in total. The van der Waals surface area contributed by atoms with Gasteiger partial charge in [0.15, 0.2) is 0 Å². The van der Waals surface area contributed by atoms with Gasteiger partial charge in [-0.1, -0.05) is 0 Å². The monoisotopic (exact) mass is 290 g/mol. The highest BCUT2D eigenvalue weighted by atomic mass is 16.6. The molecular weight excluding hydrogens is 268 g/mol. The number of methoxy groups -OCH3 is 2. The van der Waals surface area contributed by atoms with Crippen molar-refractivity contribution >= 4 is 11.9 Å². The first-order chi connectivity index (χ1) is 8.97. The summed E-state index contributed by atoms with van der Waals surface area (Å²) >= 11 is 0. The van der Waals surface area contributed by atoms with Gasteiger partial charge in [0, 0.05) is 37.4 Å². The molecule has 116 valence electrons. The van der Waals surface area contributed by atoms with E-state index in [-0.39, 0.29) is 22.6 Å². The topological polar surface area (TPSA) is 105 Å². The van der Waals surface area contributed by atoms with E-state index in [1.54, 1.807) is 0 Å². The fourth-order valence-electron chi connectivity index (χ4n) is 1.48. The Kier molecular flexibility index (Phi) is 5.93. The van der Waals surface area contributed by atoms with Gasteiger partial charge in [0.1, 0.15) is 12.8 Å². The van der Waals surface area contributed by atoms with Gasteiger partial charge in [-0.05, 0) is 0 Å². The van der Waals surface area contributed by atoms with Crippen molar-refractivity contribution in [1.29, 1.82) is 0 Å². The van der Waals surface area contributed by atoms with Crippen molar-refractivity contribution in [2.75, 3.05) is 14.2 Å². The van der Waals surface area contributed by atoms with Gasteiger partial charge in [0.25, 0.3) is 0 Å².